The minimum atomic E-state index is -2.05. The molecule has 2 amide bonds. The van der Waals surface area contributed by atoms with Gasteiger partial charge in [0.1, 0.15) is 18.1 Å². The number of nitrogens with two attached hydrogens (primary N) is 2. The minimum absolute atomic E-state index is 0.170. The summed E-state index contributed by atoms with van der Waals surface area (Å²) in [5.41, 5.74) is 9.47. The zero-order valence-electron chi connectivity index (χ0n) is 11.9. The fourth-order valence-electron chi connectivity index (χ4n) is 1.84. The summed E-state index contributed by atoms with van der Waals surface area (Å²) in [7, 11) is 0. The van der Waals surface area contributed by atoms with Crippen LogP contribution in [0.3, 0.4) is 0 Å². The molecule has 5 atom stereocenters. The number of nitrogens with zero attached hydrogens (tertiary/aromatic N) is 2. The van der Waals surface area contributed by atoms with Gasteiger partial charge in [0.25, 0.3) is 0 Å². The highest BCUT2D eigenvalue weighted by Crippen LogP contribution is 2.21. The molecule has 1 aromatic rings. The van der Waals surface area contributed by atoms with Crippen LogP contribution < -0.4 is 11.5 Å². The lowest BCUT2D eigenvalue weighted by molar-refractivity contribution is -0.137. The summed E-state index contributed by atoms with van der Waals surface area (Å²) < 4.78 is 0. The van der Waals surface area contributed by atoms with Crippen molar-refractivity contribution in [2.75, 3.05) is 6.61 Å². The van der Waals surface area contributed by atoms with Crippen molar-refractivity contribution in [3.8, 4) is 0 Å². The van der Waals surface area contributed by atoms with E-state index in [2.05, 4.69) is 9.97 Å². The molecule has 5 unspecified atom stereocenters. The Morgan fingerprint density at radius 3 is 2.09 bits per heavy atom. The summed E-state index contributed by atoms with van der Waals surface area (Å²) in [5, 5.41) is 47.4. The van der Waals surface area contributed by atoms with Gasteiger partial charge in [-0.15, -0.1) is 0 Å². The second-order valence-electron chi connectivity index (χ2n) is 4.78. The quantitative estimate of drug-likeness (QED) is 0.245. The number of hydrogen-bond donors (Lipinski definition) is 7. The van der Waals surface area contributed by atoms with Gasteiger partial charge < -0.3 is 37.0 Å². The average molecular weight is 330 g/mol. The van der Waals surface area contributed by atoms with E-state index < -0.39 is 48.8 Å². The minimum Gasteiger partial charge on any atom is -0.394 e. The van der Waals surface area contributed by atoms with Gasteiger partial charge in [0.05, 0.1) is 30.3 Å². The molecule has 9 N–H and O–H groups in total. The Morgan fingerprint density at radius 2 is 1.61 bits per heavy atom. The van der Waals surface area contributed by atoms with Crippen LogP contribution in [0, 0.1) is 0 Å². The summed E-state index contributed by atoms with van der Waals surface area (Å²) in [5.74, 6) is -3.66. The molecule has 0 aliphatic heterocycles. The van der Waals surface area contributed by atoms with E-state index in [-0.39, 0.29) is 11.4 Å². The second kappa shape index (κ2) is 7.89. The first-order valence-electron chi connectivity index (χ1n) is 6.44. The molecule has 0 saturated carbocycles. The maximum Gasteiger partial charge on any atom is 0.249 e. The molecule has 0 saturated heterocycles. The van der Waals surface area contributed by atoms with Gasteiger partial charge in [-0.25, -0.2) is 0 Å². The number of aromatic nitrogens is 2. The molecular weight excluding hydrogens is 312 g/mol. The van der Waals surface area contributed by atoms with Gasteiger partial charge >= 0.3 is 0 Å². The van der Waals surface area contributed by atoms with Gasteiger partial charge in [0.15, 0.2) is 6.10 Å². The Kier molecular flexibility index (Phi) is 6.48. The zero-order chi connectivity index (χ0) is 17.7. The molecule has 11 nitrogen and oxygen atoms in total. The number of primary amides is 2. The van der Waals surface area contributed by atoms with Crippen LogP contribution in [0.4, 0.5) is 0 Å². The first kappa shape index (κ1) is 18.9. The molecule has 128 valence electrons. The first-order valence-corrected chi connectivity index (χ1v) is 6.44. The van der Waals surface area contributed by atoms with Crippen molar-refractivity contribution in [2.24, 2.45) is 11.5 Å². The molecule has 0 spiro atoms. The van der Waals surface area contributed by atoms with E-state index in [1.54, 1.807) is 0 Å². The third kappa shape index (κ3) is 4.40. The van der Waals surface area contributed by atoms with Gasteiger partial charge in [-0.2, -0.15) is 0 Å². The molecule has 1 aromatic heterocycles. The van der Waals surface area contributed by atoms with Gasteiger partial charge in [-0.3, -0.25) is 19.6 Å². The maximum atomic E-state index is 11.4. The molecule has 11 heteroatoms. The Hall–Kier alpha value is -2.18. The van der Waals surface area contributed by atoms with Crippen molar-refractivity contribution in [2.45, 2.75) is 30.3 Å². The lowest BCUT2D eigenvalue weighted by Gasteiger charge is -2.22. The molecule has 1 rings (SSSR count). The topological polar surface area (TPSA) is 213 Å². The van der Waals surface area contributed by atoms with E-state index in [9.17, 15) is 30.0 Å². The average Bonchev–Trinajstić information content (AvgIpc) is 2.52. The van der Waals surface area contributed by atoms with Crippen LogP contribution in [0.2, 0.25) is 0 Å². The Morgan fingerprint density at radius 1 is 1.04 bits per heavy atom. The normalized spacial score (nSPS) is 17.8. The largest absolute Gasteiger partial charge is 0.394 e. The number of amides is 2. The second-order valence-corrected chi connectivity index (χ2v) is 4.78. The van der Waals surface area contributed by atoms with Gasteiger partial charge in [0, 0.05) is 6.20 Å². The van der Waals surface area contributed by atoms with E-state index in [1.165, 1.54) is 0 Å². The number of aliphatic hydroxyl groups excluding tert-OH is 5. The fourth-order valence-corrected chi connectivity index (χ4v) is 1.84. The molecule has 1 heterocycles. The first-order chi connectivity index (χ1) is 10.7. The van der Waals surface area contributed by atoms with Crippen LogP contribution in [0.25, 0.3) is 0 Å². The predicted octanol–water partition coefficient (Wildman–Crippen LogP) is -4.36. The van der Waals surface area contributed by atoms with Crippen LogP contribution in [0.5, 0.6) is 0 Å². The van der Waals surface area contributed by atoms with Crippen molar-refractivity contribution in [3.05, 3.63) is 23.8 Å². The third-order valence-electron chi connectivity index (χ3n) is 3.11. The summed E-state index contributed by atoms with van der Waals surface area (Å²) in [6.07, 6.45) is -5.34. The van der Waals surface area contributed by atoms with E-state index in [0.717, 1.165) is 12.4 Å². The summed E-state index contributed by atoms with van der Waals surface area (Å²) in [6, 6.07) is 0. The number of rotatable bonds is 8. The monoisotopic (exact) mass is 330 g/mol. The SMILES string of the molecule is NC(=O)C(O)C(O)C(O)c1cncc(C(C(N)=O)C(O)CO)n1. The molecular formula is C12H18N4O7. The lowest BCUT2D eigenvalue weighted by atomic mass is 9.98. The standard InChI is InChI=1S/C12H18N4O7/c13-11(22)7(6(18)3-17)4-1-15-2-5(16-4)8(19)9(20)10(21)12(14)23/h1-2,6-10,17-21H,3H2,(H2,13,22)(H2,14,23). The van der Waals surface area contributed by atoms with E-state index >= 15 is 0 Å². The van der Waals surface area contributed by atoms with Crippen molar-refractivity contribution < 1.29 is 35.1 Å². The van der Waals surface area contributed by atoms with Crippen molar-refractivity contribution in [1.82, 2.24) is 9.97 Å². The summed E-state index contributed by atoms with van der Waals surface area (Å²) in [4.78, 5) is 29.7. The van der Waals surface area contributed by atoms with Crippen LogP contribution in [-0.2, 0) is 9.59 Å². The predicted molar refractivity (Wildman–Crippen MR) is 73.2 cm³/mol. The highest BCUT2D eigenvalue weighted by Gasteiger charge is 2.33. The van der Waals surface area contributed by atoms with Gasteiger partial charge in [-0.1, -0.05) is 0 Å². The Balaban J connectivity index is 3.12. The smallest absolute Gasteiger partial charge is 0.249 e. The highest BCUT2D eigenvalue weighted by atomic mass is 16.4. The molecule has 23 heavy (non-hydrogen) atoms. The molecule has 0 fully saturated rings. The van der Waals surface area contributed by atoms with E-state index in [4.69, 9.17) is 16.6 Å². The summed E-state index contributed by atoms with van der Waals surface area (Å²) >= 11 is 0. The molecule has 0 aliphatic carbocycles. The fraction of sp³-hybridized carbons (Fsp3) is 0.500. The Labute approximate surface area is 130 Å². The van der Waals surface area contributed by atoms with Crippen molar-refractivity contribution in [3.63, 3.8) is 0 Å². The number of hydrogen-bond acceptors (Lipinski definition) is 9. The van der Waals surface area contributed by atoms with Crippen LogP contribution in [-0.4, -0.2) is 72.2 Å². The molecule has 0 bridgehead atoms. The maximum absolute atomic E-state index is 11.4. The number of carbonyl (C=O) groups excluding carboxylic acids is 2. The molecule has 0 aromatic carbocycles. The van der Waals surface area contributed by atoms with E-state index in [0.29, 0.717) is 0 Å². The van der Waals surface area contributed by atoms with Crippen molar-refractivity contribution in [1.29, 1.82) is 0 Å². The molecule has 0 aliphatic rings. The molecule has 0 radical (unpaired) electrons. The number of carbonyl (C=O) groups is 2. The lowest BCUT2D eigenvalue weighted by Crippen LogP contribution is -2.42. The summed E-state index contributed by atoms with van der Waals surface area (Å²) in [6.45, 7) is -0.773. The Bertz CT molecular complexity index is 570. The van der Waals surface area contributed by atoms with Gasteiger partial charge in [0.2, 0.25) is 11.8 Å². The van der Waals surface area contributed by atoms with Gasteiger partial charge in [-0.05, 0) is 0 Å². The van der Waals surface area contributed by atoms with Crippen LogP contribution in [0.1, 0.15) is 23.4 Å². The third-order valence-corrected chi connectivity index (χ3v) is 3.11. The van der Waals surface area contributed by atoms with Crippen LogP contribution in [0.15, 0.2) is 12.4 Å². The van der Waals surface area contributed by atoms with Crippen molar-refractivity contribution >= 4 is 11.8 Å². The zero-order valence-corrected chi connectivity index (χ0v) is 11.9. The van der Waals surface area contributed by atoms with E-state index in [1.807, 2.05) is 0 Å². The highest BCUT2D eigenvalue weighted by molar-refractivity contribution is 5.82. The number of aliphatic hydroxyl groups is 5. The van der Waals surface area contributed by atoms with Crippen LogP contribution >= 0.6 is 0 Å².